The molecule has 9 aromatic carbocycles. The van der Waals surface area contributed by atoms with Gasteiger partial charge >= 0.3 is 0 Å². The molecule has 0 saturated carbocycles. The average Bonchev–Trinajstić information content (AvgIpc) is 3.62. The minimum absolute atomic E-state index is 0.883. The topological polar surface area (TPSA) is 16.4 Å². The lowest BCUT2D eigenvalue weighted by atomic mass is 9.95. The Kier molecular flexibility index (Phi) is 7.85. The smallest absolute Gasteiger partial charge is 0.136 e. The lowest BCUT2D eigenvalue weighted by Crippen LogP contribution is -2.12. The lowest BCUT2D eigenvalue weighted by Gasteiger charge is -2.30. The van der Waals surface area contributed by atoms with E-state index in [1.165, 1.54) is 33.0 Å². The molecule has 0 aliphatic carbocycles. The van der Waals surface area contributed by atoms with Gasteiger partial charge in [-0.1, -0.05) is 170 Å². The minimum atomic E-state index is 0.883. The van der Waals surface area contributed by atoms with Crippen LogP contribution >= 0.6 is 0 Å². The molecule has 10 aromatic rings. The van der Waals surface area contributed by atoms with Crippen LogP contribution in [0, 0.1) is 0 Å². The quantitative estimate of drug-likeness (QED) is 0.166. The van der Waals surface area contributed by atoms with Crippen molar-refractivity contribution in [3.05, 3.63) is 212 Å². The zero-order chi connectivity index (χ0) is 35.8. The average molecular weight is 690 g/mol. The molecule has 0 radical (unpaired) electrons. The molecular formula is C52H35NO. The Morgan fingerprint density at radius 3 is 1.65 bits per heavy atom. The summed E-state index contributed by atoms with van der Waals surface area (Å²) in [6.07, 6.45) is 0. The summed E-state index contributed by atoms with van der Waals surface area (Å²) >= 11 is 0. The van der Waals surface area contributed by atoms with Gasteiger partial charge in [-0.25, -0.2) is 0 Å². The molecule has 0 unspecified atom stereocenters. The normalized spacial score (nSPS) is 11.3. The fourth-order valence-electron chi connectivity index (χ4n) is 7.89. The molecule has 1 aromatic heterocycles. The molecule has 2 nitrogen and oxygen atoms in total. The fourth-order valence-corrected chi connectivity index (χ4v) is 7.89. The van der Waals surface area contributed by atoms with Crippen molar-refractivity contribution in [2.45, 2.75) is 0 Å². The summed E-state index contributed by atoms with van der Waals surface area (Å²) in [5.74, 6) is 0. The summed E-state index contributed by atoms with van der Waals surface area (Å²) in [5.41, 5.74) is 14.4. The first-order valence-electron chi connectivity index (χ1n) is 18.4. The second-order valence-corrected chi connectivity index (χ2v) is 13.7. The first-order chi connectivity index (χ1) is 26.8. The maximum atomic E-state index is 6.37. The predicted octanol–water partition coefficient (Wildman–Crippen LogP) is 14.9. The Hall–Kier alpha value is -7.16. The number of rotatable bonds is 7. The van der Waals surface area contributed by atoms with Crippen molar-refractivity contribution < 1.29 is 4.42 Å². The van der Waals surface area contributed by atoms with Crippen LogP contribution in [0.1, 0.15) is 0 Å². The molecule has 0 N–H and O–H groups in total. The second kappa shape index (κ2) is 13.4. The van der Waals surface area contributed by atoms with Gasteiger partial charge in [0.1, 0.15) is 11.2 Å². The molecule has 0 amide bonds. The summed E-state index contributed by atoms with van der Waals surface area (Å²) in [5, 5.41) is 4.77. The first-order valence-corrected chi connectivity index (χ1v) is 18.4. The van der Waals surface area contributed by atoms with E-state index in [-0.39, 0.29) is 0 Å². The number of nitrogens with zero attached hydrogens (tertiary/aromatic N) is 1. The van der Waals surface area contributed by atoms with E-state index in [0.29, 0.717) is 0 Å². The van der Waals surface area contributed by atoms with E-state index in [9.17, 15) is 0 Å². The minimum Gasteiger partial charge on any atom is -0.456 e. The molecule has 1 heterocycles. The number of furan rings is 1. The van der Waals surface area contributed by atoms with Crippen molar-refractivity contribution >= 4 is 49.8 Å². The zero-order valence-electron chi connectivity index (χ0n) is 29.6. The SMILES string of the molecule is c1ccc(-c2ccccc2N(c2cccc(-c3ccc(-c4cccc5ccccc45)cc3)c2)c2ccccc2-c2ccc3c(c2)oc2ccccc23)cc1. The van der Waals surface area contributed by atoms with Gasteiger partial charge in [-0.05, 0) is 86.6 Å². The Morgan fingerprint density at radius 1 is 0.296 bits per heavy atom. The van der Waals surface area contributed by atoms with Crippen LogP contribution < -0.4 is 4.90 Å². The zero-order valence-corrected chi connectivity index (χ0v) is 29.6. The molecule has 0 saturated heterocycles. The number of fused-ring (bicyclic) bond motifs is 4. The van der Waals surface area contributed by atoms with Crippen molar-refractivity contribution in [2.24, 2.45) is 0 Å². The predicted molar refractivity (Wildman–Crippen MR) is 228 cm³/mol. The number of anilines is 3. The van der Waals surface area contributed by atoms with Crippen molar-refractivity contribution in [3.8, 4) is 44.5 Å². The third-order valence-corrected chi connectivity index (χ3v) is 10.5. The Bertz CT molecular complexity index is 2930. The molecule has 0 bridgehead atoms. The third-order valence-electron chi connectivity index (χ3n) is 10.5. The van der Waals surface area contributed by atoms with Crippen molar-refractivity contribution in [1.82, 2.24) is 0 Å². The van der Waals surface area contributed by atoms with Crippen LogP contribution in [-0.4, -0.2) is 0 Å². The lowest BCUT2D eigenvalue weighted by molar-refractivity contribution is 0.669. The van der Waals surface area contributed by atoms with Crippen LogP contribution in [0.3, 0.4) is 0 Å². The Balaban J connectivity index is 1.12. The maximum Gasteiger partial charge on any atom is 0.136 e. The van der Waals surface area contributed by atoms with Gasteiger partial charge in [0.15, 0.2) is 0 Å². The van der Waals surface area contributed by atoms with E-state index < -0.39 is 0 Å². The molecule has 0 aliphatic heterocycles. The fraction of sp³-hybridized carbons (Fsp3) is 0. The van der Waals surface area contributed by atoms with E-state index in [4.69, 9.17) is 4.42 Å². The van der Waals surface area contributed by atoms with Gasteiger partial charge < -0.3 is 9.32 Å². The van der Waals surface area contributed by atoms with Crippen molar-refractivity contribution in [3.63, 3.8) is 0 Å². The van der Waals surface area contributed by atoms with Crippen LogP contribution in [0.15, 0.2) is 217 Å². The summed E-state index contributed by atoms with van der Waals surface area (Å²) < 4.78 is 6.37. The molecule has 0 aliphatic rings. The second-order valence-electron chi connectivity index (χ2n) is 13.7. The molecule has 54 heavy (non-hydrogen) atoms. The van der Waals surface area contributed by atoms with E-state index in [1.807, 2.05) is 12.1 Å². The van der Waals surface area contributed by atoms with Crippen LogP contribution in [-0.2, 0) is 0 Å². The van der Waals surface area contributed by atoms with Gasteiger partial charge in [0, 0.05) is 27.6 Å². The van der Waals surface area contributed by atoms with Gasteiger partial charge in [0.25, 0.3) is 0 Å². The van der Waals surface area contributed by atoms with E-state index in [0.717, 1.165) is 61.3 Å². The highest BCUT2D eigenvalue weighted by Crippen LogP contribution is 2.46. The van der Waals surface area contributed by atoms with Crippen LogP contribution in [0.25, 0.3) is 77.2 Å². The van der Waals surface area contributed by atoms with Crippen LogP contribution in [0.5, 0.6) is 0 Å². The highest BCUT2D eigenvalue weighted by Gasteiger charge is 2.21. The molecule has 254 valence electrons. The third kappa shape index (κ3) is 5.62. The molecule has 2 heteroatoms. The molecule has 10 rings (SSSR count). The highest BCUT2D eigenvalue weighted by atomic mass is 16.3. The summed E-state index contributed by atoms with van der Waals surface area (Å²) in [6.45, 7) is 0. The monoisotopic (exact) mass is 689 g/mol. The number of para-hydroxylation sites is 3. The van der Waals surface area contributed by atoms with E-state index in [1.54, 1.807) is 0 Å². The molecule has 0 fully saturated rings. The van der Waals surface area contributed by atoms with Crippen LogP contribution in [0.4, 0.5) is 17.1 Å². The number of hydrogen-bond donors (Lipinski definition) is 0. The maximum absolute atomic E-state index is 6.37. The standard InChI is InChI=1S/C52H35NO/c1-2-14-38(15-3-1)45-21-6-9-25-49(45)53(50-26-10-7-22-46(50)41-32-33-48-47-23-8-11-27-51(47)54-52(48)35-41)42-19-12-18-40(34-42)36-28-30-39(31-29-36)44-24-13-17-37-16-4-5-20-43(37)44/h1-35H. The summed E-state index contributed by atoms with van der Waals surface area (Å²) in [6, 6.07) is 75.9. The van der Waals surface area contributed by atoms with Gasteiger partial charge in [0.2, 0.25) is 0 Å². The van der Waals surface area contributed by atoms with Gasteiger partial charge in [-0.15, -0.1) is 0 Å². The number of hydrogen-bond acceptors (Lipinski definition) is 2. The highest BCUT2D eigenvalue weighted by molar-refractivity contribution is 6.06. The first kappa shape index (κ1) is 31.6. The van der Waals surface area contributed by atoms with Gasteiger partial charge in [-0.3, -0.25) is 0 Å². The summed E-state index contributed by atoms with van der Waals surface area (Å²) in [4.78, 5) is 2.41. The molecule has 0 spiro atoms. The summed E-state index contributed by atoms with van der Waals surface area (Å²) in [7, 11) is 0. The van der Waals surface area contributed by atoms with Crippen molar-refractivity contribution in [2.75, 3.05) is 4.90 Å². The van der Waals surface area contributed by atoms with Crippen LogP contribution in [0.2, 0.25) is 0 Å². The van der Waals surface area contributed by atoms with E-state index in [2.05, 4.69) is 205 Å². The van der Waals surface area contributed by atoms with Crippen molar-refractivity contribution in [1.29, 1.82) is 0 Å². The molecule has 0 atom stereocenters. The largest absolute Gasteiger partial charge is 0.456 e. The van der Waals surface area contributed by atoms with Gasteiger partial charge in [-0.2, -0.15) is 0 Å². The van der Waals surface area contributed by atoms with E-state index >= 15 is 0 Å². The Morgan fingerprint density at radius 2 is 0.833 bits per heavy atom. The number of benzene rings is 9. The molecular weight excluding hydrogens is 655 g/mol. The Labute approximate surface area is 314 Å². The van der Waals surface area contributed by atoms with Gasteiger partial charge in [0.05, 0.1) is 11.4 Å².